The van der Waals surface area contributed by atoms with E-state index in [4.69, 9.17) is 9.84 Å². The van der Waals surface area contributed by atoms with Gasteiger partial charge in [-0.1, -0.05) is 168 Å². The van der Waals surface area contributed by atoms with Crippen molar-refractivity contribution in [3.8, 4) is 0 Å². The fourth-order valence-electron chi connectivity index (χ4n) is 5.66. The molecular weight excluding hydrogens is 496 g/mol. The minimum Gasteiger partial charge on any atom is -0.481 e. The lowest BCUT2D eigenvalue weighted by Gasteiger charge is -2.18. The summed E-state index contributed by atoms with van der Waals surface area (Å²) >= 11 is 0. The summed E-state index contributed by atoms with van der Waals surface area (Å²) in [5, 5.41) is 8.99. The van der Waals surface area contributed by atoms with Crippen molar-refractivity contribution in [2.75, 3.05) is 0 Å². The van der Waals surface area contributed by atoms with E-state index in [0.29, 0.717) is 19.3 Å². The minimum absolute atomic E-state index is 0.0859. The van der Waals surface area contributed by atoms with Gasteiger partial charge in [0.05, 0.1) is 0 Å². The summed E-state index contributed by atoms with van der Waals surface area (Å²) in [7, 11) is 0. The molecule has 0 saturated heterocycles. The smallest absolute Gasteiger partial charge is 0.306 e. The molecule has 0 radical (unpaired) electrons. The summed E-state index contributed by atoms with van der Waals surface area (Å²) in [5.41, 5.74) is 0. The number of carboxylic acids is 1. The lowest BCUT2D eigenvalue weighted by Crippen LogP contribution is -2.18. The molecule has 0 aliphatic rings. The summed E-state index contributed by atoms with van der Waals surface area (Å²) < 4.78 is 5.81. The van der Waals surface area contributed by atoms with Crippen molar-refractivity contribution in [3.05, 3.63) is 0 Å². The Morgan fingerprint density at radius 3 is 1.15 bits per heavy atom. The molecule has 0 aromatic carbocycles. The van der Waals surface area contributed by atoms with E-state index >= 15 is 0 Å². The highest BCUT2D eigenvalue weighted by atomic mass is 16.5. The standard InChI is InChI=1S/C36H70O4/c1-3-5-7-9-11-13-15-16-17-18-20-21-23-25-27-30-34(31-29-32-35(37)38)40-36(39)33-28-26-24-22-19-14-12-10-8-6-4-2/h34H,3-33H2,1-2H3,(H,37,38). The second kappa shape index (κ2) is 32.5. The molecule has 0 bridgehead atoms. The monoisotopic (exact) mass is 567 g/mol. The summed E-state index contributed by atoms with van der Waals surface area (Å²) in [6.45, 7) is 4.54. The molecule has 1 atom stereocenters. The lowest BCUT2D eigenvalue weighted by atomic mass is 10.0. The molecule has 0 aromatic heterocycles. The third-order valence-electron chi connectivity index (χ3n) is 8.33. The molecule has 4 nitrogen and oxygen atoms in total. The Morgan fingerprint density at radius 1 is 0.450 bits per heavy atom. The van der Waals surface area contributed by atoms with Crippen molar-refractivity contribution < 1.29 is 19.4 Å². The molecule has 0 saturated carbocycles. The van der Waals surface area contributed by atoms with Crippen LogP contribution in [0.1, 0.15) is 213 Å². The highest BCUT2D eigenvalue weighted by Gasteiger charge is 2.15. The van der Waals surface area contributed by atoms with Crippen molar-refractivity contribution in [2.45, 2.75) is 219 Å². The first-order valence-corrected chi connectivity index (χ1v) is 18.0. The quantitative estimate of drug-likeness (QED) is 0.0633. The van der Waals surface area contributed by atoms with Gasteiger partial charge in [-0.05, 0) is 32.1 Å². The van der Waals surface area contributed by atoms with Crippen molar-refractivity contribution >= 4 is 11.9 Å². The first kappa shape index (κ1) is 38.9. The van der Waals surface area contributed by atoms with Crippen LogP contribution in [-0.4, -0.2) is 23.1 Å². The van der Waals surface area contributed by atoms with Crippen LogP contribution < -0.4 is 0 Å². The molecule has 0 aliphatic heterocycles. The third-order valence-corrected chi connectivity index (χ3v) is 8.33. The Hall–Kier alpha value is -1.06. The zero-order chi connectivity index (χ0) is 29.4. The van der Waals surface area contributed by atoms with Gasteiger partial charge in [0.15, 0.2) is 0 Å². The zero-order valence-electron chi connectivity index (χ0n) is 27.2. The van der Waals surface area contributed by atoms with E-state index in [9.17, 15) is 9.59 Å². The highest BCUT2D eigenvalue weighted by Crippen LogP contribution is 2.18. The van der Waals surface area contributed by atoms with Gasteiger partial charge in [0.2, 0.25) is 0 Å². The third kappa shape index (κ3) is 31.5. The van der Waals surface area contributed by atoms with Crippen LogP contribution in [0.15, 0.2) is 0 Å². The predicted octanol–water partition coefficient (Wildman–Crippen LogP) is 12.1. The van der Waals surface area contributed by atoms with Gasteiger partial charge in [-0.25, -0.2) is 0 Å². The molecule has 0 heterocycles. The number of rotatable bonds is 33. The van der Waals surface area contributed by atoms with Crippen LogP contribution >= 0.6 is 0 Å². The highest BCUT2D eigenvalue weighted by molar-refractivity contribution is 5.69. The van der Waals surface area contributed by atoms with Gasteiger partial charge < -0.3 is 9.84 Å². The topological polar surface area (TPSA) is 63.6 Å². The predicted molar refractivity (Wildman–Crippen MR) is 172 cm³/mol. The van der Waals surface area contributed by atoms with E-state index in [0.717, 1.165) is 25.7 Å². The van der Waals surface area contributed by atoms with Crippen LogP contribution in [0.5, 0.6) is 0 Å². The van der Waals surface area contributed by atoms with Crippen LogP contribution in [0, 0.1) is 0 Å². The SMILES string of the molecule is CCCCCCCCCCCCCCCCCC(CCCC(=O)O)OC(=O)CCCCCCCCCCCCC. The van der Waals surface area contributed by atoms with Gasteiger partial charge in [-0.3, -0.25) is 9.59 Å². The van der Waals surface area contributed by atoms with Gasteiger partial charge in [0, 0.05) is 12.8 Å². The van der Waals surface area contributed by atoms with Crippen molar-refractivity contribution in [2.24, 2.45) is 0 Å². The first-order valence-electron chi connectivity index (χ1n) is 18.0. The van der Waals surface area contributed by atoms with Crippen molar-refractivity contribution in [3.63, 3.8) is 0 Å². The number of carboxylic acid groups (broad SMARTS) is 1. The number of ether oxygens (including phenoxy) is 1. The molecule has 1 N–H and O–H groups in total. The van der Waals surface area contributed by atoms with Gasteiger partial charge in [0.1, 0.15) is 6.10 Å². The summed E-state index contributed by atoms with van der Waals surface area (Å²) in [5.74, 6) is -0.852. The molecule has 0 aromatic rings. The minimum atomic E-state index is -0.766. The van der Waals surface area contributed by atoms with Crippen molar-refractivity contribution in [1.29, 1.82) is 0 Å². The van der Waals surface area contributed by atoms with Crippen LogP contribution in [0.2, 0.25) is 0 Å². The number of aliphatic carboxylic acids is 1. The van der Waals surface area contributed by atoms with Crippen molar-refractivity contribution in [1.82, 2.24) is 0 Å². The molecule has 0 amide bonds. The maximum Gasteiger partial charge on any atom is 0.306 e. The molecule has 238 valence electrons. The Bertz CT molecular complexity index is 533. The Labute approximate surface area is 250 Å². The Morgan fingerprint density at radius 2 is 0.775 bits per heavy atom. The Balaban J connectivity index is 3.80. The van der Waals surface area contributed by atoms with E-state index < -0.39 is 5.97 Å². The van der Waals surface area contributed by atoms with E-state index in [1.54, 1.807) is 0 Å². The summed E-state index contributed by atoms with van der Waals surface area (Å²) in [6.07, 6.45) is 36.8. The second-order valence-electron chi connectivity index (χ2n) is 12.4. The average Bonchev–Trinajstić information content (AvgIpc) is 2.93. The molecule has 0 fully saturated rings. The molecule has 40 heavy (non-hydrogen) atoms. The molecule has 0 rings (SSSR count). The number of hydrogen-bond donors (Lipinski definition) is 1. The molecule has 4 heteroatoms. The fourth-order valence-corrected chi connectivity index (χ4v) is 5.66. The summed E-state index contributed by atoms with van der Waals surface area (Å²) in [4.78, 5) is 23.4. The molecule has 0 aliphatic carbocycles. The summed E-state index contributed by atoms with van der Waals surface area (Å²) in [6, 6.07) is 0. The number of hydrogen-bond acceptors (Lipinski definition) is 3. The number of unbranched alkanes of at least 4 members (excludes halogenated alkanes) is 24. The van der Waals surface area contributed by atoms with Gasteiger partial charge in [-0.15, -0.1) is 0 Å². The van der Waals surface area contributed by atoms with E-state index in [2.05, 4.69) is 13.8 Å². The van der Waals surface area contributed by atoms with Gasteiger partial charge in [0.25, 0.3) is 0 Å². The van der Waals surface area contributed by atoms with E-state index in [1.807, 2.05) is 0 Å². The molecule has 0 spiro atoms. The Kier molecular flexibility index (Phi) is 31.6. The number of carbonyl (C=O) groups excluding carboxylic acids is 1. The van der Waals surface area contributed by atoms with E-state index in [1.165, 1.54) is 148 Å². The van der Waals surface area contributed by atoms with Crippen LogP contribution in [0.3, 0.4) is 0 Å². The van der Waals surface area contributed by atoms with E-state index in [-0.39, 0.29) is 18.5 Å². The second-order valence-corrected chi connectivity index (χ2v) is 12.4. The van der Waals surface area contributed by atoms with Gasteiger partial charge >= 0.3 is 11.9 Å². The zero-order valence-corrected chi connectivity index (χ0v) is 27.2. The van der Waals surface area contributed by atoms with Crippen LogP contribution in [0.4, 0.5) is 0 Å². The number of carbonyl (C=O) groups is 2. The van der Waals surface area contributed by atoms with Gasteiger partial charge in [-0.2, -0.15) is 0 Å². The maximum absolute atomic E-state index is 12.4. The lowest BCUT2D eigenvalue weighted by molar-refractivity contribution is -0.150. The fraction of sp³-hybridized carbons (Fsp3) is 0.944. The molecular formula is C36H70O4. The largest absolute Gasteiger partial charge is 0.481 e. The first-order chi connectivity index (χ1) is 19.6. The molecule has 1 unspecified atom stereocenters. The average molecular weight is 567 g/mol. The number of esters is 1. The van der Waals surface area contributed by atoms with Crippen LogP contribution in [0.25, 0.3) is 0 Å². The van der Waals surface area contributed by atoms with Crippen LogP contribution in [-0.2, 0) is 14.3 Å². The maximum atomic E-state index is 12.4. The normalized spacial score (nSPS) is 12.1.